The van der Waals surface area contributed by atoms with Crippen molar-refractivity contribution in [2.24, 2.45) is 0 Å². The van der Waals surface area contributed by atoms with Crippen LogP contribution in [0.4, 0.5) is 11.4 Å². The van der Waals surface area contributed by atoms with Gasteiger partial charge in [0.1, 0.15) is 11.4 Å². The number of aromatic nitrogens is 6. The average molecular weight is 673 g/mol. The zero-order chi connectivity index (χ0) is 34.1. The van der Waals surface area contributed by atoms with Crippen molar-refractivity contribution in [1.29, 1.82) is 0 Å². The van der Waals surface area contributed by atoms with E-state index in [1.807, 2.05) is 85.2 Å². The molecule has 12 heteroatoms. The van der Waals surface area contributed by atoms with Crippen molar-refractivity contribution < 1.29 is 9.59 Å². The molecule has 2 aromatic heterocycles. The molecule has 50 heavy (non-hydrogen) atoms. The number of carbonyl (C=O) groups is 2. The molecule has 12 nitrogen and oxygen atoms in total. The minimum Gasteiger partial charge on any atom is -0.326 e. The lowest BCUT2D eigenvalue weighted by atomic mass is 10.1. The summed E-state index contributed by atoms with van der Waals surface area (Å²) in [5.74, 6) is 0.0617. The van der Waals surface area contributed by atoms with Gasteiger partial charge in [-0.3, -0.25) is 9.59 Å². The van der Waals surface area contributed by atoms with Gasteiger partial charge in [-0.2, -0.15) is 0 Å². The Labute approximate surface area is 292 Å². The fraction of sp³-hybridized carbons (Fsp3) is 0.368. The third kappa shape index (κ3) is 8.68. The largest absolute Gasteiger partial charge is 0.326 e. The number of likely N-dealkylation sites (tertiary alicyclic amines) is 2. The molecule has 5 aromatic rings. The Hall–Kier alpha value is -5.20. The summed E-state index contributed by atoms with van der Waals surface area (Å²) in [4.78, 5) is 29.7. The number of rotatable bonds is 12. The Morgan fingerprint density at radius 1 is 0.560 bits per heavy atom. The van der Waals surface area contributed by atoms with Crippen LogP contribution in [-0.4, -0.2) is 90.9 Å². The summed E-state index contributed by atoms with van der Waals surface area (Å²) in [6, 6.07) is 23.2. The highest BCUT2D eigenvalue weighted by Crippen LogP contribution is 2.25. The van der Waals surface area contributed by atoms with Gasteiger partial charge in [-0.25, -0.2) is 9.36 Å². The first-order chi connectivity index (χ1) is 24.6. The van der Waals surface area contributed by atoms with Crippen LogP contribution in [0.1, 0.15) is 51.4 Å². The van der Waals surface area contributed by atoms with Gasteiger partial charge in [-0.1, -0.05) is 41.5 Å². The third-order valence-corrected chi connectivity index (χ3v) is 9.48. The fourth-order valence-electron chi connectivity index (χ4n) is 6.61. The van der Waals surface area contributed by atoms with Gasteiger partial charge in [0.05, 0.1) is 23.8 Å². The second kappa shape index (κ2) is 16.0. The number of piperidine rings is 2. The molecular formula is C38H44N10O2. The van der Waals surface area contributed by atoms with Crippen molar-refractivity contribution >= 4 is 23.2 Å². The van der Waals surface area contributed by atoms with E-state index in [4.69, 9.17) is 0 Å². The van der Waals surface area contributed by atoms with Crippen molar-refractivity contribution in [3.05, 3.63) is 85.2 Å². The Bertz CT molecular complexity index is 1740. The lowest BCUT2D eigenvalue weighted by Gasteiger charge is -2.25. The van der Waals surface area contributed by atoms with Gasteiger partial charge in [-0.15, -0.1) is 10.2 Å². The van der Waals surface area contributed by atoms with Crippen LogP contribution in [0.25, 0.3) is 33.9 Å². The Kier molecular flexibility index (Phi) is 10.7. The molecule has 2 fully saturated rings. The summed E-state index contributed by atoms with van der Waals surface area (Å²) in [7, 11) is 0. The molecule has 0 bridgehead atoms. The van der Waals surface area contributed by atoms with E-state index in [1.54, 1.807) is 9.36 Å². The topological polar surface area (TPSA) is 126 Å². The number of nitrogens with zero attached hydrogens (tertiary/aromatic N) is 8. The minimum absolute atomic E-state index is 0.0309. The minimum atomic E-state index is 0.0309. The number of amides is 2. The van der Waals surface area contributed by atoms with Crippen LogP contribution in [0.15, 0.2) is 85.2 Å². The van der Waals surface area contributed by atoms with Crippen LogP contribution in [0, 0.1) is 0 Å². The van der Waals surface area contributed by atoms with Crippen molar-refractivity contribution in [3.8, 4) is 33.9 Å². The summed E-state index contributed by atoms with van der Waals surface area (Å²) < 4.78 is 3.45. The van der Waals surface area contributed by atoms with Gasteiger partial charge < -0.3 is 20.4 Å². The quantitative estimate of drug-likeness (QED) is 0.170. The zero-order valence-corrected chi connectivity index (χ0v) is 28.4. The number of nitrogens with one attached hydrogen (secondary N) is 2. The lowest BCUT2D eigenvalue weighted by Crippen LogP contribution is -2.32. The van der Waals surface area contributed by atoms with Gasteiger partial charge in [0.15, 0.2) is 0 Å². The number of hydrogen-bond donors (Lipinski definition) is 2. The maximum Gasteiger partial charge on any atom is 0.225 e. The number of hydrogen-bond acceptors (Lipinski definition) is 8. The maximum atomic E-state index is 12.5. The highest BCUT2D eigenvalue weighted by atomic mass is 16.2. The Balaban J connectivity index is 0.935. The average Bonchev–Trinajstić information content (AvgIpc) is 3.87. The standard InChI is InChI=1S/C38H44N10O2/c49-37(18-24-45-20-3-1-4-21-45)39-31-10-14-33(15-11-31)47-27-35(41-43-47)29-8-7-9-30(26-29)36-28-48(44-42-36)34-16-12-32(13-17-34)40-38(50)19-25-46-22-5-2-6-23-46/h7-17,26-28H,1-6,18-25H2,(H,39,49)(H,40,50). The molecule has 0 unspecified atom stereocenters. The first-order valence-electron chi connectivity index (χ1n) is 17.8. The van der Waals surface area contributed by atoms with Crippen LogP contribution < -0.4 is 10.6 Å². The molecule has 258 valence electrons. The first kappa shape index (κ1) is 33.3. The Morgan fingerprint density at radius 3 is 1.40 bits per heavy atom. The maximum absolute atomic E-state index is 12.5. The normalized spacial score (nSPS) is 15.5. The van der Waals surface area contributed by atoms with Gasteiger partial charge >= 0.3 is 0 Å². The summed E-state index contributed by atoms with van der Waals surface area (Å²) in [5.41, 5.74) is 6.47. The van der Waals surface area contributed by atoms with E-state index < -0.39 is 0 Å². The van der Waals surface area contributed by atoms with Crippen LogP contribution in [0.3, 0.4) is 0 Å². The predicted octanol–water partition coefficient (Wildman–Crippen LogP) is 5.81. The zero-order valence-electron chi connectivity index (χ0n) is 28.4. The van der Waals surface area contributed by atoms with Crippen molar-refractivity contribution in [2.45, 2.75) is 51.4 Å². The molecule has 0 saturated carbocycles. The molecule has 3 aromatic carbocycles. The summed E-state index contributed by atoms with van der Waals surface area (Å²) in [6.07, 6.45) is 12.2. The third-order valence-electron chi connectivity index (χ3n) is 9.48. The molecule has 0 spiro atoms. The van der Waals surface area contributed by atoms with E-state index in [-0.39, 0.29) is 11.8 Å². The molecule has 7 rings (SSSR count). The predicted molar refractivity (Wildman–Crippen MR) is 194 cm³/mol. The molecule has 2 aliphatic rings. The smallest absolute Gasteiger partial charge is 0.225 e. The van der Waals surface area contributed by atoms with E-state index in [0.717, 1.165) is 84.5 Å². The monoisotopic (exact) mass is 672 g/mol. The summed E-state index contributed by atoms with van der Waals surface area (Å²) in [6.45, 7) is 5.97. The molecule has 0 aliphatic carbocycles. The van der Waals surface area contributed by atoms with Gasteiger partial charge in [-0.05, 0) is 106 Å². The van der Waals surface area contributed by atoms with E-state index in [1.165, 1.54) is 38.5 Å². The first-order valence-corrected chi connectivity index (χ1v) is 17.8. The second-order valence-corrected chi connectivity index (χ2v) is 13.2. The van der Waals surface area contributed by atoms with Crippen LogP contribution >= 0.6 is 0 Å². The van der Waals surface area contributed by atoms with Crippen LogP contribution in [-0.2, 0) is 9.59 Å². The second-order valence-electron chi connectivity index (χ2n) is 13.2. The molecule has 0 atom stereocenters. The molecule has 0 radical (unpaired) electrons. The highest BCUT2D eigenvalue weighted by Gasteiger charge is 2.14. The van der Waals surface area contributed by atoms with Crippen LogP contribution in [0.5, 0.6) is 0 Å². The summed E-state index contributed by atoms with van der Waals surface area (Å²) in [5, 5.41) is 23.6. The van der Waals surface area contributed by atoms with Gasteiger partial charge in [0.2, 0.25) is 11.8 Å². The number of benzene rings is 3. The SMILES string of the molecule is O=C(CCN1CCCCC1)Nc1ccc(-n2cc(-c3cccc(-c4cn(-c5ccc(NC(=O)CCN6CCCCC6)cc5)nn4)c3)nn2)cc1. The lowest BCUT2D eigenvalue weighted by molar-refractivity contribution is -0.117. The van der Waals surface area contributed by atoms with E-state index >= 15 is 0 Å². The van der Waals surface area contributed by atoms with E-state index in [9.17, 15) is 9.59 Å². The van der Waals surface area contributed by atoms with Gasteiger partial charge in [0, 0.05) is 48.4 Å². The van der Waals surface area contributed by atoms with Crippen molar-refractivity contribution in [1.82, 2.24) is 39.8 Å². The van der Waals surface area contributed by atoms with Gasteiger partial charge in [0.25, 0.3) is 0 Å². The molecular weight excluding hydrogens is 628 g/mol. The van der Waals surface area contributed by atoms with Crippen molar-refractivity contribution in [3.63, 3.8) is 0 Å². The molecule has 2 N–H and O–H groups in total. The molecule has 2 aliphatic heterocycles. The molecule has 4 heterocycles. The number of carbonyl (C=O) groups excluding carboxylic acids is 2. The fourth-order valence-corrected chi connectivity index (χ4v) is 6.61. The summed E-state index contributed by atoms with van der Waals surface area (Å²) >= 11 is 0. The van der Waals surface area contributed by atoms with Crippen molar-refractivity contribution in [2.75, 3.05) is 49.9 Å². The molecule has 2 amide bonds. The highest BCUT2D eigenvalue weighted by molar-refractivity contribution is 5.91. The van der Waals surface area contributed by atoms with E-state index in [2.05, 4.69) is 41.1 Å². The number of anilines is 2. The van der Waals surface area contributed by atoms with E-state index in [0.29, 0.717) is 12.8 Å². The Morgan fingerprint density at radius 2 is 0.980 bits per heavy atom. The van der Waals surface area contributed by atoms with Crippen LogP contribution in [0.2, 0.25) is 0 Å². The molecule has 2 saturated heterocycles.